The molecule has 0 aromatic heterocycles. The number of ether oxygens (including phenoxy) is 2. The average molecular weight is 323 g/mol. The number of benzene rings is 2. The second-order valence-electron chi connectivity index (χ2n) is 4.99. The summed E-state index contributed by atoms with van der Waals surface area (Å²) in [6.45, 7) is 0.137. The van der Waals surface area contributed by atoms with Gasteiger partial charge in [-0.1, -0.05) is 12.1 Å². The van der Waals surface area contributed by atoms with Crippen molar-refractivity contribution in [1.82, 2.24) is 0 Å². The lowest BCUT2D eigenvalue weighted by molar-refractivity contribution is -0.137. The second-order valence-corrected chi connectivity index (χ2v) is 4.99. The van der Waals surface area contributed by atoms with Crippen molar-refractivity contribution in [2.45, 2.75) is 12.6 Å². The van der Waals surface area contributed by atoms with Gasteiger partial charge in [0.1, 0.15) is 0 Å². The Bertz CT molecular complexity index is 726. The van der Waals surface area contributed by atoms with Gasteiger partial charge < -0.3 is 14.8 Å². The minimum absolute atomic E-state index is 0.0213. The maximum atomic E-state index is 12.5. The van der Waals surface area contributed by atoms with Crippen molar-refractivity contribution >= 4 is 11.6 Å². The third-order valence-electron chi connectivity index (χ3n) is 3.30. The summed E-state index contributed by atoms with van der Waals surface area (Å²) in [6.07, 6.45) is -4.40. The predicted molar refractivity (Wildman–Crippen MR) is 76.3 cm³/mol. The SMILES string of the molecule is O=C(Cc1ccc(C(F)(F)F)cc1)Nc1ccc2c(c1)OCO2. The molecule has 0 spiro atoms. The number of alkyl halides is 3. The van der Waals surface area contributed by atoms with E-state index in [0.29, 0.717) is 22.7 Å². The highest BCUT2D eigenvalue weighted by atomic mass is 19.4. The Morgan fingerprint density at radius 3 is 2.43 bits per heavy atom. The fourth-order valence-corrected chi connectivity index (χ4v) is 2.18. The van der Waals surface area contributed by atoms with E-state index < -0.39 is 11.7 Å². The van der Waals surface area contributed by atoms with Crippen LogP contribution in [0.1, 0.15) is 11.1 Å². The van der Waals surface area contributed by atoms with Crippen molar-refractivity contribution in [3.8, 4) is 11.5 Å². The van der Waals surface area contributed by atoms with E-state index in [1.54, 1.807) is 18.2 Å². The first-order valence-corrected chi connectivity index (χ1v) is 6.77. The first kappa shape index (κ1) is 15.2. The summed E-state index contributed by atoms with van der Waals surface area (Å²) in [6, 6.07) is 9.48. The van der Waals surface area contributed by atoms with Crippen molar-refractivity contribution < 1.29 is 27.4 Å². The molecule has 2 aromatic rings. The Labute approximate surface area is 129 Å². The molecule has 1 aliphatic heterocycles. The predicted octanol–water partition coefficient (Wildman–Crippen LogP) is 3.62. The lowest BCUT2D eigenvalue weighted by Crippen LogP contribution is -2.14. The zero-order chi connectivity index (χ0) is 16.4. The van der Waals surface area contributed by atoms with E-state index in [9.17, 15) is 18.0 Å². The lowest BCUT2D eigenvalue weighted by Gasteiger charge is -2.08. The molecule has 2 aromatic carbocycles. The molecule has 0 aliphatic carbocycles. The van der Waals surface area contributed by atoms with Crippen LogP contribution in [0.25, 0.3) is 0 Å². The molecule has 4 nitrogen and oxygen atoms in total. The number of rotatable bonds is 3. The Kier molecular flexibility index (Phi) is 3.85. The molecule has 0 radical (unpaired) electrons. The van der Waals surface area contributed by atoms with E-state index in [0.717, 1.165) is 12.1 Å². The molecular formula is C16H12F3NO3. The van der Waals surface area contributed by atoms with Crippen LogP contribution < -0.4 is 14.8 Å². The topological polar surface area (TPSA) is 47.6 Å². The van der Waals surface area contributed by atoms with Crippen molar-refractivity contribution in [1.29, 1.82) is 0 Å². The Hall–Kier alpha value is -2.70. The van der Waals surface area contributed by atoms with E-state index in [2.05, 4.69) is 5.32 Å². The summed E-state index contributed by atoms with van der Waals surface area (Å²) in [5, 5.41) is 2.67. The van der Waals surface area contributed by atoms with Crippen LogP contribution in [0.4, 0.5) is 18.9 Å². The number of amides is 1. The first-order chi connectivity index (χ1) is 10.9. The maximum Gasteiger partial charge on any atom is 0.416 e. The van der Waals surface area contributed by atoms with Crippen molar-refractivity contribution in [2.75, 3.05) is 12.1 Å². The highest BCUT2D eigenvalue weighted by molar-refractivity contribution is 5.92. The number of hydrogen-bond donors (Lipinski definition) is 1. The average Bonchev–Trinajstić information content (AvgIpc) is 2.94. The summed E-state index contributed by atoms with van der Waals surface area (Å²) >= 11 is 0. The zero-order valence-electron chi connectivity index (χ0n) is 11.8. The van der Waals surface area contributed by atoms with Crippen molar-refractivity contribution in [2.24, 2.45) is 0 Å². The van der Waals surface area contributed by atoms with Gasteiger partial charge in [-0.15, -0.1) is 0 Å². The summed E-state index contributed by atoms with van der Waals surface area (Å²) in [4.78, 5) is 12.0. The van der Waals surface area contributed by atoms with Gasteiger partial charge in [0, 0.05) is 11.8 Å². The molecule has 23 heavy (non-hydrogen) atoms. The number of hydrogen-bond acceptors (Lipinski definition) is 3. The molecule has 1 N–H and O–H groups in total. The van der Waals surface area contributed by atoms with E-state index in [1.165, 1.54) is 12.1 Å². The zero-order valence-corrected chi connectivity index (χ0v) is 11.8. The molecule has 1 heterocycles. The minimum atomic E-state index is -4.38. The minimum Gasteiger partial charge on any atom is -0.454 e. The van der Waals surface area contributed by atoms with Gasteiger partial charge in [-0.25, -0.2) is 0 Å². The number of halogens is 3. The van der Waals surface area contributed by atoms with Gasteiger partial charge in [0.15, 0.2) is 11.5 Å². The van der Waals surface area contributed by atoms with Crippen LogP contribution in [0.15, 0.2) is 42.5 Å². The van der Waals surface area contributed by atoms with Crippen LogP contribution in [-0.2, 0) is 17.4 Å². The quantitative estimate of drug-likeness (QED) is 0.938. The fourth-order valence-electron chi connectivity index (χ4n) is 2.18. The van der Waals surface area contributed by atoms with Crippen LogP contribution in [0, 0.1) is 0 Å². The van der Waals surface area contributed by atoms with Gasteiger partial charge in [-0.05, 0) is 29.8 Å². The summed E-state index contributed by atoms with van der Waals surface area (Å²) in [7, 11) is 0. The van der Waals surface area contributed by atoms with Crippen molar-refractivity contribution in [3.05, 3.63) is 53.6 Å². The van der Waals surface area contributed by atoms with Crippen LogP contribution >= 0.6 is 0 Å². The largest absolute Gasteiger partial charge is 0.454 e. The third-order valence-corrected chi connectivity index (χ3v) is 3.30. The molecule has 3 rings (SSSR count). The molecule has 0 bridgehead atoms. The number of fused-ring (bicyclic) bond motifs is 1. The molecule has 120 valence electrons. The highest BCUT2D eigenvalue weighted by Gasteiger charge is 2.29. The fraction of sp³-hybridized carbons (Fsp3) is 0.188. The molecule has 1 amide bonds. The molecule has 1 aliphatic rings. The number of carbonyl (C=O) groups excluding carboxylic acids is 1. The van der Waals surface area contributed by atoms with Gasteiger partial charge in [-0.3, -0.25) is 4.79 Å². The Balaban J connectivity index is 1.63. The van der Waals surface area contributed by atoms with Gasteiger partial charge in [0.05, 0.1) is 12.0 Å². The van der Waals surface area contributed by atoms with Gasteiger partial charge >= 0.3 is 6.18 Å². The molecule has 7 heteroatoms. The first-order valence-electron chi connectivity index (χ1n) is 6.77. The highest BCUT2D eigenvalue weighted by Crippen LogP contribution is 2.34. The van der Waals surface area contributed by atoms with Gasteiger partial charge in [-0.2, -0.15) is 13.2 Å². The Morgan fingerprint density at radius 1 is 1.04 bits per heavy atom. The number of carbonyl (C=O) groups is 1. The van der Waals surface area contributed by atoms with Crippen molar-refractivity contribution in [3.63, 3.8) is 0 Å². The summed E-state index contributed by atoms with van der Waals surface area (Å²) in [5.41, 5.74) is 0.292. The molecular weight excluding hydrogens is 311 g/mol. The summed E-state index contributed by atoms with van der Waals surface area (Å²) < 4.78 is 47.8. The third kappa shape index (κ3) is 3.56. The van der Waals surface area contributed by atoms with Crippen LogP contribution in [-0.4, -0.2) is 12.7 Å². The van der Waals surface area contributed by atoms with Gasteiger partial charge in [0.2, 0.25) is 12.7 Å². The van der Waals surface area contributed by atoms with E-state index >= 15 is 0 Å². The normalized spacial score (nSPS) is 13.0. The Morgan fingerprint density at radius 2 is 1.74 bits per heavy atom. The molecule has 0 saturated carbocycles. The molecule has 0 fully saturated rings. The van der Waals surface area contributed by atoms with E-state index in [4.69, 9.17) is 9.47 Å². The van der Waals surface area contributed by atoms with E-state index in [-0.39, 0.29) is 19.1 Å². The van der Waals surface area contributed by atoms with E-state index in [1.807, 2.05) is 0 Å². The van der Waals surface area contributed by atoms with Crippen LogP contribution in [0.5, 0.6) is 11.5 Å². The number of nitrogens with one attached hydrogen (secondary N) is 1. The smallest absolute Gasteiger partial charge is 0.416 e. The standard InChI is InChI=1S/C16H12F3NO3/c17-16(18,19)11-3-1-10(2-4-11)7-15(21)20-12-5-6-13-14(8-12)23-9-22-13/h1-6,8H,7,9H2,(H,20,21). The summed E-state index contributed by atoms with van der Waals surface area (Å²) in [5.74, 6) is 0.812. The lowest BCUT2D eigenvalue weighted by atomic mass is 10.1. The van der Waals surface area contributed by atoms with Crippen LogP contribution in [0.2, 0.25) is 0 Å². The van der Waals surface area contributed by atoms with Crippen LogP contribution in [0.3, 0.4) is 0 Å². The molecule has 0 unspecified atom stereocenters. The second kappa shape index (κ2) is 5.83. The molecule has 0 atom stereocenters. The number of anilines is 1. The monoisotopic (exact) mass is 323 g/mol. The molecule has 0 saturated heterocycles. The maximum absolute atomic E-state index is 12.5. The van der Waals surface area contributed by atoms with Gasteiger partial charge in [0.25, 0.3) is 0 Å².